The van der Waals surface area contributed by atoms with Gasteiger partial charge < -0.3 is 20.2 Å². The average Bonchev–Trinajstić information content (AvgIpc) is 2.89. The number of amides is 2. The Hall–Kier alpha value is -2.63. The van der Waals surface area contributed by atoms with E-state index in [1.807, 2.05) is 13.7 Å². The molecule has 37 heavy (non-hydrogen) atoms. The zero-order chi connectivity index (χ0) is 27.3. The maximum Gasteiger partial charge on any atom is 0.319 e. The first-order valence-corrected chi connectivity index (χ1v) is 14.3. The Balaban J connectivity index is 0.00000334. The zero-order valence-electron chi connectivity index (χ0n) is 23.5. The minimum Gasteiger partial charge on any atom is -0.468 e. The molecule has 0 fully saturated rings. The van der Waals surface area contributed by atoms with Crippen LogP contribution in [0.5, 0.6) is 0 Å². The van der Waals surface area contributed by atoms with E-state index in [4.69, 9.17) is 9.53 Å². The summed E-state index contributed by atoms with van der Waals surface area (Å²) in [5.74, 6) is 0. The van der Waals surface area contributed by atoms with Crippen molar-refractivity contribution in [3.05, 3.63) is 46.2 Å². The van der Waals surface area contributed by atoms with Crippen LogP contribution in [0.3, 0.4) is 0 Å². The number of hydrogen-bond donors (Lipinski definition) is 2. The second-order valence-electron chi connectivity index (χ2n) is 10.0. The highest BCUT2D eigenvalue weighted by molar-refractivity contribution is 5.79. The molecule has 208 valence electrons. The van der Waals surface area contributed by atoms with E-state index >= 15 is 0 Å². The number of carbonyl (C=O) groups is 3. The molecule has 1 heterocycles. The molecule has 1 aliphatic rings. The number of allylic oxidation sites excluding steroid dienone is 1. The molecular formula is C31H50N2O4. The van der Waals surface area contributed by atoms with Crippen molar-refractivity contribution in [2.45, 2.75) is 123 Å². The Morgan fingerprint density at radius 3 is 2.00 bits per heavy atom. The first-order valence-electron chi connectivity index (χ1n) is 14.3. The quantitative estimate of drug-likeness (QED) is 0.147. The first-order chi connectivity index (χ1) is 18.1. The minimum absolute atomic E-state index is 0.178. The number of benzene rings is 1. The Morgan fingerprint density at radius 2 is 1.43 bits per heavy atom. The molecule has 0 spiro atoms. The summed E-state index contributed by atoms with van der Waals surface area (Å²) in [7, 11) is 0. The third-order valence-electron chi connectivity index (χ3n) is 7.22. The fraction of sp³-hybridized carbons (Fsp3) is 0.645. The van der Waals surface area contributed by atoms with Crippen molar-refractivity contribution in [2.24, 2.45) is 0 Å². The summed E-state index contributed by atoms with van der Waals surface area (Å²) in [6.07, 6.45) is 19.2. The monoisotopic (exact) mass is 514 g/mol. The van der Waals surface area contributed by atoms with Crippen LogP contribution in [0.15, 0.2) is 29.5 Å². The fourth-order valence-electron chi connectivity index (χ4n) is 5.22. The van der Waals surface area contributed by atoms with E-state index in [0.29, 0.717) is 19.5 Å². The van der Waals surface area contributed by atoms with Gasteiger partial charge >= 0.3 is 6.03 Å². The molecule has 1 aliphatic heterocycles. The molecule has 1 atom stereocenters. The fourth-order valence-corrected chi connectivity index (χ4v) is 5.22. The Bertz CT molecular complexity index is 821. The van der Waals surface area contributed by atoms with Crippen molar-refractivity contribution in [1.82, 2.24) is 10.6 Å². The van der Waals surface area contributed by atoms with Crippen LogP contribution in [0, 0.1) is 6.92 Å². The Kier molecular flexibility index (Phi) is 17.9. The van der Waals surface area contributed by atoms with Crippen LogP contribution in [0.25, 0.3) is 0 Å². The smallest absolute Gasteiger partial charge is 0.319 e. The molecule has 2 amide bonds. The van der Waals surface area contributed by atoms with Crippen molar-refractivity contribution in [1.29, 1.82) is 0 Å². The molecule has 2 N–H and O–H groups in total. The lowest BCUT2D eigenvalue weighted by Gasteiger charge is -2.32. The molecule has 1 unspecified atom stereocenters. The van der Waals surface area contributed by atoms with Gasteiger partial charge in [0.25, 0.3) is 6.47 Å². The van der Waals surface area contributed by atoms with Crippen LogP contribution in [0.1, 0.15) is 126 Å². The molecule has 0 saturated carbocycles. The minimum atomic E-state index is -0.183. The van der Waals surface area contributed by atoms with Gasteiger partial charge in [-0.25, -0.2) is 4.79 Å². The van der Waals surface area contributed by atoms with Crippen LogP contribution < -0.4 is 10.6 Å². The maximum atomic E-state index is 12.3. The van der Waals surface area contributed by atoms with Crippen LogP contribution in [0.4, 0.5) is 4.79 Å². The predicted molar refractivity (Wildman–Crippen MR) is 151 cm³/mol. The molecule has 2 rings (SSSR count). The van der Waals surface area contributed by atoms with E-state index in [1.165, 1.54) is 100 Å². The third-order valence-corrected chi connectivity index (χ3v) is 7.22. The number of hydrogen-bond acceptors (Lipinski definition) is 4. The summed E-state index contributed by atoms with van der Waals surface area (Å²) in [5, 5.41) is 5.99. The molecule has 1 aromatic carbocycles. The molecule has 0 aliphatic carbocycles. The van der Waals surface area contributed by atoms with E-state index in [0.717, 1.165) is 17.7 Å². The normalized spacial score (nSPS) is 14.9. The largest absolute Gasteiger partial charge is 0.468 e. The van der Waals surface area contributed by atoms with E-state index in [1.54, 1.807) is 0 Å². The second kappa shape index (κ2) is 20.4. The van der Waals surface area contributed by atoms with Crippen LogP contribution in [-0.2, 0) is 20.7 Å². The number of rotatable bonds is 19. The molecule has 0 aromatic heterocycles. The molecule has 1 aromatic rings. The Labute approximate surface area is 225 Å². The zero-order valence-corrected chi connectivity index (χ0v) is 23.5. The highest BCUT2D eigenvalue weighted by Crippen LogP contribution is 2.34. The highest BCUT2D eigenvalue weighted by Gasteiger charge is 2.28. The summed E-state index contributed by atoms with van der Waals surface area (Å²) in [6.45, 7) is 9.10. The summed E-state index contributed by atoms with van der Waals surface area (Å²) in [4.78, 5) is 30.9. The topological polar surface area (TPSA) is 84.5 Å². The van der Waals surface area contributed by atoms with Crippen LogP contribution in [-0.4, -0.2) is 25.9 Å². The van der Waals surface area contributed by atoms with Crippen molar-refractivity contribution >= 4 is 19.3 Å². The molecule has 6 nitrogen and oxygen atoms in total. The van der Waals surface area contributed by atoms with Crippen molar-refractivity contribution in [2.75, 3.05) is 6.61 Å². The molecule has 0 bridgehead atoms. The van der Waals surface area contributed by atoms with Gasteiger partial charge in [-0.15, -0.1) is 0 Å². The standard InChI is InChI=1S/C30H48N2O3.CH2O/c1-4-5-6-7-8-9-10-11-12-13-14-15-16-19-26-20-17-18-24(2)28(26)29-27(21-22-35-23-33)25(3)31-30(34)32-29;1-2/h17-18,20,23,29H,4-16,19,21-22H2,1-3H3,(H2,31,32,34);1H2. The molecule has 0 radical (unpaired) electrons. The number of urea groups is 1. The highest BCUT2D eigenvalue weighted by atomic mass is 16.5. The van der Waals surface area contributed by atoms with E-state index in [2.05, 4.69) is 42.7 Å². The molecule has 0 saturated heterocycles. The summed E-state index contributed by atoms with van der Waals surface area (Å²) < 4.78 is 4.95. The van der Waals surface area contributed by atoms with Gasteiger partial charge in [-0.2, -0.15) is 0 Å². The lowest BCUT2D eigenvalue weighted by atomic mass is 9.86. The lowest BCUT2D eigenvalue weighted by Crippen LogP contribution is -2.44. The van der Waals surface area contributed by atoms with Gasteiger partial charge in [0, 0.05) is 12.1 Å². The number of carbonyl (C=O) groups excluding carboxylic acids is 3. The van der Waals surface area contributed by atoms with Gasteiger partial charge in [-0.1, -0.05) is 102 Å². The van der Waals surface area contributed by atoms with Crippen molar-refractivity contribution in [3.8, 4) is 0 Å². The summed E-state index contributed by atoms with van der Waals surface area (Å²) >= 11 is 0. The predicted octanol–water partition coefficient (Wildman–Crippen LogP) is 7.63. The lowest BCUT2D eigenvalue weighted by molar-refractivity contribution is -0.128. The molecular weight excluding hydrogens is 464 g/mol. The van der Waals surface area contributed by atoms with Crippen molar-refractivity contribution in [3.63, 3.8) is 0 Å². The van der Waals surface area contributed by atoms with Crippen LogP contribution >= 0.6 is 0 Å². The first kappa shape index (κ1) is 32.4. The van der Waals surface area contributed by atoms with Crippen molar-refractivity contribution < 1.29 is 19.1 Å². The van der Waals surface area contributed by atoms with Gasteiger partial charge in [0.1, 0.15) is 6.79 Å². The number of nitrogens with one attached hydrogen (secondary N) is 2. The third kappa shape index (κ3) is 12.4. The Morgan fingerprint density at radius 1 is 0.865 bits per heavy atom. The van der Waals surface area contributed by atoms with E-state index in [9.17, 15) is 9.59 Å². The van der Waals surface area contributed by atoms with Gasteiger partial charge in [0.2, 0.25) is 0 Å². The van der Waals surface area contributed by atoms with E-state index in [-0.39, 0.29) is 12.1 Å². The van der Waals surface area contributed by atoms with Gasteiger partial charge in [0.05, 0.1) is 12.6 Å². The van der Waals surface area contributed by atoms with Gasteiger partial charge in [-0.05, 0) is 49.0 Å². The summed E-state index contributed by atoms with van der Waals surface area (Å²) in [6, 6.07) is 6.07. The average molecular weight is 515 g/mol. The molecule has 6 heteroatoms. The van der Waals surface area contributed by atoms with Gasteiger partial charge in [-0.3, -0.25) is 4.79 Å². The second-order valence-corrected chi connectivity index (χ2v) is 10.0. The number of aryl methyl sites for hydroxylation is 2. The maximum absolute atomic E-state index is 12.3. The van der Waals surface area contributed by atoms with Gasteiger partial charge in [0.15, 0.2) is 0 Å². The van der Waals surface area contributed by atoms with E-state index < -0.39 is 0 Å². The SMILES string of the molecule is C=O.CCCCCCCCCCCCCCCc1cccc(C)c1C1NC(=O)NC(C)=C1CCOC=O. The summed E-state index contributed by atoms with van der Waals surface area (Å²) in [5.41, 5.74) is 5.62. The number of ether oxygens (including phenoxy) is 1. The van der Waals surface area contributed by atoms with Crippen LogP contribution in [0.2, 0.25) is 0 Å². The number of unbranched alkanes of at least 4 members (excludes halogenated alkanes) is 12.